The van der Waals surface area contributed by atoms with E-state index in [2.05, 4.69) is 20.8 Å². The van der Waals surface area contributed by atoms with Crippen LogP contribution in [0.3, 0.4) is 0 Å². The zero-order chi connectivity index (χ0) is 27.4. The molecule has 38 heavy (non-hydrogen) atoms. The maximum atomic E-state index is 12.9. The first kappa shape index (κ1) is 28.3. The second-order valence-electron chi connectivity index (χ2n) is 8.31. The number of β-lactam (4-membered cyclic amide) rings is 1. The predicted molar refractivity (Wildman–Crippen MR) is 138 cm³/mol. The molecule has 0 radical (unpaired) electrons. The molecule has 2 aliphatic heterocycles. The smallest absolute Gasteiger partial charge is 0.352 e. The number of nitrogens with two attached hydrogens (primary N) is 1. The lowest BCUT2D eigenvalue weighted by molar-refractivity contribution is -0.150. The molecule has 5 N–H and O–H groups in total. The molecule has 3 atom stereocenters. The lowest BCUT2D eigenvalue weighted by Gasteiger charge is -2.49. The van der Waals surface area contributed by atoms with Crippen molar-refractivity contribution in [2.24, 2.45) is 5.73 Å². The molecule has 2 aromatic rings. The van der Waals surface area contributed by atoms with Gasteiger partial charge in [0.25, 0.3) is 5.91 Å². The van der Waals surface area contributed by atoms with E-state index < -0.39 is 37.2 Å². The highest BCUT2D eigenvalue weighted by Crippen LogP contribution is 2.44. The molecule has 1 aromatic heterocycles. The number of hydrogen-bond acceptors (Lipinski definition) is 11. The van der Waals surface area contributed by atoms with Gasteiger partial charge in [-0.2, -0.15) is 0 Å². The number of carboxylic acids is 1. The van der Waals surface area contributed by atoms with E-state index in [0.717, 1.165) is 27.6 Å². The van der Waals surface area contributed by atoms with Crippen molar-refractivity contribution in [1.82, 2.24) is 30.4 Å². The van der Waals surface area contributed by atoms with Gasteiger partial charge < -0.3 is 25.6 Å². The Balaban J connectivity index is 1.42. The quantitative estimate of drug-likeness (QED) is 0.152. The molecule has 3 heterocycles. The minimum absolute atomic E-state index is 0.0396. The summed E-state index contributed by atoms with van der Waals surface area (Å²) in [4.78, 5) is 48.8. The molecule has 0 saturated carbocycles. The normalized spacial score (nSPS) is 20.5. The van der Waals surface area contributed by atoms with Gasteiger partial charge in [0, 0.05) is 18.1 Å². The number of nitrogens with zero attached hydrogens (tertiary/aromatic N) is 5. The highest BCUT2D eigenvalue weighted by molar-refractivity contribution is 8.01. The number of nitrogens with one attached hydrogen (secondary N) is 1. The Morgan fingerprint density at radius 1 is 1.34 bits per heavy atom. The molecule has 4 rings (SSSR count). The number of tetrazole rings is 1. The summed E-state index contributed by atoms with van der Waals surface area (Å²) in [5, 5.41) is 23.3. The van der Waals surface area contributed by atoms with Gasteiger partial charge in [0.2, 0.25) is 11.1 Å². The average molecular weight is 584 g/mol. The molecule has 204 valence electrons. The number of amides is 2. The number of carbonyl (C=O) groups excluding carboxylic acids is 2. The minimum Gasteiger partial charge on any atom is -0.477 e. The summed E-state index contributed by atoms with van der Waals surface area (Å²) in [6, 6.07) is 6.42. The lowest BCUT2D eigenvalue weighted by Crippen LogP contribution is -2.70. The van der Waals surface area contributed by atoms with Crippen LogP contribution < -0.4 is 11.1 Å². The monoisotopic (exact) mass is 583 g/mol. The SMILES string of the molecule is CCOP(=O)(O)Cn1nnnc1SCC1=C(C(=O)O)N2C(=O)[C@@H](NC(=O)Cc3ccccc3CN)[C@H]2SC1. The molecule has 1 saturated heterocycles. The maximum Gasteiger partial charge on any atom is 0.352 e. The second-order valence-corrected chi connectivity index (χ2v) is 12.2. The first-order valence-corrected chi connectivity index (χ1v) is 15.3. The zero-order valence-electron chi connectivity index (χ0n) is 20.2. The van der Waals surface area contributed by atoms with Crippen LogP contribution in [-0.4, -0.2) is 82.4 Å². The van der Waals surface area contributed by atoms with Gasteiger partial charge in [-0.05, 0) is 34.1 Å². The first-order valence-electron chi connectivity index (χ1n) is 11.5. The minimum atomic E-state index is -3.95. The number of carboxylic acid groups (broad SMARTS) is 1. The average Bonchev–Trinajstić information content (AvgIpc) is 3.31. The number of fused-ring (bicyclic) bond motifs is 1. The molecule has 0 bridgehead atoms. The third kappa shape index (κ3) is 6.11. The molecular formula is C21H26N7O7PS2. The van der Waals surface area contributed by atoms with Crippen LogP contribution in [0, 0.1) is 0 Å². The number of thioether (sulfide) groups is 2. The van der Waals surface area contributed by atoms with Gasteiger partial charge in [-0.3, -0.25) is 19.1 Å². The number of aliphatic carboxylic acids is 1. The maximum absolute atomic E-state index is 12.9. The fourth-order valence-electron chi connectivity index (χ4n) is 4.07. The van der Waals surface area contributed by atoms with Gasteiger partial charge >= 0.3 is 13.6 Å². The Labute approximate surface area is 225 Å². The Morgan fingerprint density at radius 2 is 2.08 bits per heavy atom. The number of hydrogen-bond donors (Lipinski definition) is 4. The summed E-state index contributed by atoms with van der Waals surface area (Å²) >= 11 is 2.41. The van der Waals surface area contributed by atoms with E-state index in [9.17, 15) is 28.9 Å². The zero-order valence-corrected chi connectivity index (χ0v) is 22.7. The van der Waals surface area contributed by atoms with Crippen molar-refractivity contribution in [1.29, 1.82) is 0 Å². The van der Waals surface area contributed by atoms with Gasteiger partial charge in [-0.25, -0.2) is 9.48 Å². The predicted octanol–water partition coefficient (Wildman–Crippen LogP) is 0.385. The van der Waals surface area contributed by atoms with E-state index in [1.165, 1.54) is 16.7 Å². The number of aromatic nitrogens is 4. The topological polar surface area (TPSA) is 203 Å². The summed E-state index contributed by atoms with van der Waals surface area (Å²) < 4.78 is 18.0. The molecule has 1 aromatic carbocycles. The van der Waals surface area contributed by atoms with Gasteiger partial charge in [0.05, 0.1) is 13.0 Å². The summed E-state index contributed by atoms with van der Waals surface area (Å²) in [5.74, 6) is -1.71. The van der Waals surface area contributed by atoms with Crippen LogP contribution in [0.5, 0.6) is 0 Å². The van der Waals surface area contributed by atoms with Gasteiger partial charge in [-0.15, -0.1) is 16.9 Å². The van der Waals surface area contributed by atoms with Crippen molar-refractivity contribution in [3.8, 4) is 0 Å². The van der Waals surface area contributed by atoms with Crippen molar-refractivity contribution in [2.75, 3.05) is 18.1 Å². The molecule has 0 aliphatic carbocycles. The van der Waals surface area contributed by atoms with Crippen molar-refractivity contribution in [3.05, 3.63) is 46.7 Å². The standard InChI is InChI=1S/C21H26N7O7PS2/c1-2-35-36(33,34)11-27-21(24-25-26-27)38-10-14-9-37-19-16(18(30)28(19)17(14)20(31)32)23-15(29)7-12-5-3-4-6-13(12)8-22/h3-6,16,19H,2,7-11,22H2,1H3,(H,23,29)(H,31,32)(H,33,34)/t16-,19-/m1/s1. The molecule has 17 heteroatoms. The number of carbonyl (C=O) groups is 3. The van der Waals surface area contributed by atoms with E-state index in [4.69, 9.17) is 10.3 Å². The molecular weight excluding hydrogens is 557 g/mol. The van der Waals surface area contributed by atoms with Crippen LogP contribution in [-0.2, 0) is 42.7 Å². The molecule has 2 amide bonds. The van der Waals surface area contributed by atoms with Crippen molar-refractivity contribution in [2.45, 2.75) is 42.7 Å². The van der Waals surface area contributed by atoms with Crippen molar-refractivity contribution in [3.63, 3.8) is 0 Å². The third-order valence-electron chi connectivity index (χ3n) is 5.77. The summed E-state index contributed by atoms with van der Waals surface area (Å²) in [7, 11) is -3.95. The Kier molecular flexibility index (Phi) is 8.90. The Bertz CT molecular complexity index is 1320. The van der Waals surface area contributed by atoms with Crippen LogP contribution in [0.1, 0.15) is 18.1 Å². The fraction of sp³-hybridized carbons (Fsp3) is 0.429. The Morgan fingerprint density at radius 3 is 2.76 bits per heavy atom. The van der Waals surface area contributed by atoms with E-state index >= 15 is 0 Å². The van der Waals surface area contributed by atoms with Crippen molar-refractivity contribution >= 4 is 48.9 Å². The molecule has 2 aliphatic rings. The number of rotatable bonds is 12. The second kappa shape index (κ2) is 12.0. The number of benzene rings is 1. The molecule has 1 fully saturated rings. The van der Waals surface area contributed by atoms with Crippen LogP contribution in [0.2, 0.25) is 0 Å². The lowest BCUT2D eigenvalue weighted by atomic mass is 10.0. The molecule has 0 spiro atoms. The van der Waals surface area contributed by atoms with Gasteiger partial charge in [-0.1, -0.05) is 36.0 Å². The highest BCUT2D eigenvalue weighted by atomic mass is 32.2. The largest absolute Gasteiger partial charge is 0.477 e. The van der Waals surface area contributed by atoms with Crippen LogP contribution in [0.25, 0.3) is 0 Å². The van der Waals surface area contributed by atoms with Gasteiger partial charge in [0.1, 0.15) is 23.4 Å². The molecule has 1 unspecified atom stereocenters. The molecule has 14 nitrogen and oxygen atoms in total. The van der Waals surface area contributed by atoms with E-state index in [-0.39, 0.29) is 42.1 Å². The van der Waals surface area contributed by atoms with Crippen LogP contribution >= 0.6 is 31.1 Å². The van der Waals surface area contributed by atoms with Crippen LogP contribution in [0.4, 0.5) is 0 Å². The van der Waals surface area contributed by atoms with E-state index in [1.807, 2.05) is 12.1 Å². The summed E-state index contributed by atoms with van der Waals surface area (Å²) in [6.07, 6.45) is -0.406. The van der Waals surface area contributed by atoms with Gasteiger partial charge in [0.15, 0.2) is 0 Å². The summed E-state index contributed by atoms with van der Waals surface area (Å²) in [6.45, 7) is 1.90. The fourth-order valence-corrected chi connectivity index (χ4v) is 7.54. The first-order chi connectivity index (χ1) is 18.1. The highest BCUT2D eigenvalue weighted by Gasteiger charge is 2.54. The van der Waals surface area contributed by atoms with Crippen molar-refractivity contribution < 1.29 is 33.5 Å². The van der Waals surface area contributed by atoms with E-state index in [1.54, 1.807) is 19.1 Å². The Hall–Kier alpha value is -2.75. The third-order valence-corrected chi connectivity index (χ3v) is 9.44. The summed E-state index contributed by atoms with van der Waals surface area (Å²) in [5.41, 5.74) is 7.65. The van der Waals surface area contributed by atoms with Crippen LogP contribution in [0.15, 0.2) is 40.7 Å². The van der Waals surface area contributed by atoms with E-state index in [0.29, 0.717) is 11.3 Å².